The number of aromatic nitrogens is 4. The number of fused-ring (bicyclic) bond motifs is 4. The van der Waals surface area contributed by atoms with Crippen LogP contribution in [0.2, 0.25) is 0 Å². The molecule has 8 aromatic carbocycles. The van der Waals surface area contributed by atoms with Crippen LogP contribution in [0.15, 0.2) is 200 Å². The van der Waals surface area contributed by atoms with Gasteiger partial charge in [0.1, 0.15) is 5.82 Å². The Labute approximate surface area is 421 Å². The molecular formula is C59H42F3N5Pt-2. The van der Waals surface area contributed by atoms with E-state index in [1.54, 1.807) is 62.7 Å². The summed E-state index contributed by atoms with van der Waals surface area (Å²) in [5.74, 6) is 0.651. The quantitative estimate of drug-likeness (QED) is 0.112. The van der Waals surface area contributed by atoms with Crippen molar-refractivity contribution < 1.29 is 52.5 Å². The average molecular weight is 1080 g/mol. The number of hydrogen-bond acceptors (Lipinski definition) is 2. The van der Waals surface area contributed by atoms with Crippen molar-refractivity contribution >= 4 is 49.9 Å². The number of nitrogens with zero attached hydrogens (tertiary/aromatic N) is 5. The fourth-order valence-electron chi connectivity index (χ4n) is 8.53. The number of imidazole rings is 1. The van der Waals surface area contributed by atoms with Gasteiger partial charge in [0, 0.05) is 38.5 Å². The SMILES string of the molecule is [2H]c1c([2H])c([2H])c(-c2cccc(-c3c([2H])c([2H])c([2H])c([2H])c3[2H])c2-[n+]2[c-]n(-c3[c-]c(N(c4[c-]c5c(cc4)c4ccccc4n5-c4cc(C(C)(C)C)ccn4)c4ccc(C(F)(F)F)cc4)ccc3)c3ccccc32)c([2H])c1[2H].[Pt]. The molecule has 5 nitrogen and oxygen atoms in total. The second kappa shape index (κ2) is 17.6. The van der Waals surface area contributed by atoms with Gasteiger partial charge in [-0.2, -0.15) is 37.4 Å². The number of hydrogen-bond donors (Lipinski definition) is 0. The molecule has 0 amide bonds. The molecule has 11 rings (SSSR count). The molecule has 0 fully saturated rings. The van der Waals surface area contributed by atoms with Gasteiger partial charge in [-0.1, -0.05) is 159 Å². The van der Waals surface area contributed by atoms with Crippen molar-refractivity contribution in [1.29, 1.82) is 0 Å². The molecule has 0 N–H and O–H groups in total. The van der Waals surface area contributed by atoms with E-state index in [9.17, 15) is 13.2 Å². The first-order chi connectivity index (χ1) is 36.6. The maximum atomic E-state index is 14.1. The molecule has 9 heteroatoms. The Hall–Kier alpha value is -7.54. The molecule has 0 aliphatic carbocycles. The number of benzene rings is 8. The van der Waals surface area contributed by atoms with Crippen molar-refractivity contribution in [3.8, 4) is 39.4 Å². The van der Waals surface area contributed by atoms with Crippen molar-refractivity contribution in [3.63, 3.8) is 0 Å². The Bertz CT molecular complexity index is 4080. The number of alkyl halides is 3. The van der Waals surface area contributed by atoms with Crippen LogP contribution < -0.4 is 9.47 Å². The molecule has 68 heavy (non-hydrogen) atoms. The van der Waals surface area contributed by atoms with Crippen LogP contribution in [-0.4, -0.2) is 14.1 Å². The van der Waals surface area contributed by atoms with E-state index in [1.165, 1.54) is 30.3 Å². The molecule has 0 spiro atoms. The van der Waals surface area contributed by atoms with Gasteiger partial charge in [-0.05, 0) is 86.8 Å². The fourth-order valence-corrected chi connectivity index (χ4v) is 8.53. The normalized spacial score (nSPS) is 13.9. The Morgan fingerprint density at radius 3 is 1.93 bits per heavy atom. The summed E-state index contributed by atoms with van der Waals surface area (Å²) in [6, 6.07) is 38.8. The van der Waals surface area contributed by atoms with Crippen molar-refractivity contribution in [3.05, 3.63) is 230 Å². The van der Waals surface area contributed by atoms with Crippen LogP contribution in [0.3, 0.4) is 0 Å². The fraction of sp³-hybridized carbons (Fsp3) is 0.0847. The first kappa shape index (κ1) is 33.9. The molecular weight excluding hydrogens is 1030 g/mol. The molecule has 11 aromatic rings. The van der Waals surface area contributed by atoms with E-state index in [1.807, 2.05) is 53.1 Å². The minimum Gasteiger partial charge on any atom is -0.359 e. The van der Waals surface area contributed by atoms with Gasteiger partial charge in [0.2, 0.25) is 0 Å². The molecule has 0 saturated carbocycles. The second-order valence-corrected chi connectivity index (χ2v) is 16.9. The van der Waals surface area contributed by atoms with E-state index in [2.05, 4.69) is 39.2 Å². The smallest absolute Gasteiger partial charge is 0.359 e. The van der Waals surface area contributed by atoms with E-state index in [-0.39, 0.29) is 54.4 Å². The zero-order chi connectivity index (χ0) is 54.6. The molecule has 3 heterocycles. The zero-order valence-electron chi connectivity index (χ0n) is 46.5. The van der Waals surface area contributed by atoms with Gasteiger partial charge in [0.05, 0.1) is 36.0 Å². The number of pyridine rings is 1. The van der Waals surface area contributed by atoms with Gasteiger partial charge in [-0.15, -0.1) is 23.6 Å². The number of rotatable bonds is 8. The van der Waals surface area contributed by atoms with Gasteiger partial charge < -0.3 is 14.0 Å². The van der Waals surface area contributed by atoms with Crippen LogP contribution in [0.4, 0.5) is 30.2 Å². The van der Waals surface area contributed by atoms with Crippen LogP contribution in [-0.2, 0) is 32.7 Å². The Balaban J connectivity index is 0.00000688. The molecule has 0 aliphatic heterocycles. The molecule has 0 aliphatic rings. The summed E-state index contributed by atoms with van der Waals surface area (Å²) in [5.41, 5.74) is 3.88. The predicted octanol–water partition coefficient (Wildman–Crippen LogP) is 14.9. The Morgan fingerprint density at radius 2 is 1.25 bits per heavy atom. The van der Waals surface area contributed by atoms with Gasteiger partial charge >= 0.3 is 6.18 Å². The van der Waals surface area contributed by atoms with Gasteiger partial charge in [0.15, 0.2) is 0 Å². The minimum absolute atomic E-state index is 0. The third kappa shape index (κ3) is 7.99. The largest absolute Gasteiger partial charge is 0.416 e. The Morgan fingerprint density at radius 1 is 0.618 bits per heavy atom. The van der Waals surface area contributed by atoms with Crippen LogP contribution >= 0.6 is 0 Å². The molecule has 0 atom stereocenters. The van der Waals surface area contributed by atoms with Crippen molar-refractivity contribution in [2.75, 3.05) is 4.90 Å². The monoisotopic (exact) mass is 1080 g/mol. The molecule has 0 bridgehead atoms. The third-order valence-electron chi connectivity index (χ3n) is 11.7. The summed E-state index contributed by atoms with van der Waals surface area (Å²) in [7, 11) is 0. The number of para-hydroxylation sites is 4. The van der Waals surface area contributed by atoms with E-state index in [0.29, 0.717) is 45.1 Å². The third-order valence-corrected chi connectivity index (χ3v) is 11.7. The van der Waals surface area contributed by atoms with E-state index in [4.69, 9.17) is 18.7 Å². The molecule has 0 unspecified atom stereocenters. The second-order valence-electron chi connectivity index (χ2n) is 16.9. The standard InChI is InChI=1S/C59H42F3N5.Pt/c1-58(2,3)43-34-35-63-56(36-43)67-52-25-11-10-22-50(52)51-33-32-47(38-55(51)67)66(44-30-28-42(29-31-44)59(60,61)62)46-21-14-20-45(37-46)64-39-65(54-27-13-12-26-53(54)64)57-48(40-16-6-4-7-17-40)23-15-24-49(57)41-18-8-5-9-19-41;/h4-36H,1-3H3;/q-2;/i4D,5D,6D,7D,8D,9D,16D,17D,18D,19D;. The Kier molecular flexibility index (Phi) is 8.76. The number of anilines is 3. The first-order valence-electron chi connectivity index (χ1n) is 26.3. The maximum Gasteiger partial charge on any atom is 0.416 e. The van der Waals surface area contributed by atoms with Gasteiger partial charge in [-0.3, -0.25) is 4.57 Å². The van der Waals surface area contributed by atoms with Crippen LogP contribution in [0, 0.1) is 18.5 Å². The summed E-state index contributed by atoms with van der Waals surface area (Å²) in [6.45, 7) is 6.36. The van der Waals surface area contributed by atoms with Gasteiger partial charge in [-0.25, -0.2) is 4.98 Å². The summed E-state index contributed by atoms with van der Waals surface area (Å²) in [4.78, 5) is 6.56. The predicted molar refractivity (Wildman–Crippen MR) is 263 cm³/mol. The molecule has 0 saturated heterocycles. The maximum absolute atomic E-state index is 14.1. The van der Waals surface area contributed by atoms with Crippen molar-refractivity contribution in [2.45, 2.75) is 32.4 Å². The zero-order valence-corrected chi connectivity index (χ0v) is 38.7. The number of halogens is 3. The van der Waals surface area contributed by atoms with Crippen molar-refractivity contribution in [2.24, 2.45) is 0 Å². The molecule has 0 radical (unpaired) electrons. The molecule has 3 aromatic heterocycles. The topological polar surface area (TPSA) is 29.9 Å². The minimum atomic E-state index is -4.61. The van der Waals surface area contributed by atoms with E-state index < -0.39 is 72.2 Å². The average Bonchev–Trinajstić information content (AvgIpc) is 4.10. The van der Waals surface area contributed by atoms with Crippen LogP contribution in [0.1, 0.15) is 45.6 Å². The summed E-state index contributed by atoms with van der Waals surface area (Å²) < 4.78 is 135. The summed E-state index contributed by atoms with van der Waals surface area (Å²) in [5, 5.41) is 1.80. The first-order valence-corrected chi connectivity index (χ1v) is 21.3. The van der Waals surface area contributed by atoms with E-state index in [0.717, 1.165) is 34.0 Å². The van der Waals surface area contributed by atoms with Gasteiger partial charge in [0.25, 0.3) is 6.33 Å². The van der Waals surface area contributed by atoms with E-state index >= 15 is 0 Å². The molecule has 336 valence electrons. The van der Waals surface area contributed by atoms with Crippen LogP contribution in [0.25, 0.3) is 72.3 Å². The summed E-state index contributed by atoms with van der Waals surface area (Å²) in [6.07, 6.45) is 0.544. The van der Waals surface area contributed by atoms with Crippen molar-refractivity contribution in [1.82, 2.24) is 14.1 Å². The van der Waals surface area contributed by atoms with Crippen LogP contribution in [0.5, 0.6) is 0 Å². The summed E-state index contributed by atoms with van der Waals surface area (Å²) >= 11 is 0.